The number of para-hydroxylation sites is 1. The van der Waals surface area contributed by atoms with Gasteiger partial charge in [-0.2, -0.15) is 5.10 Å². The van der Waals surface area contributed by atoms with Crippen LogP contribution >= 0.6 is 0 Å². The summed E-state index contributed by atoms with van der Waals surface area (Å²) in [6.45, 7) is 1.41. The number of aliphatic imine (C=N–C) groups is 1. The Morgan fingerprint density at radius 2 is 2.00 bits per heavy atom. The maximum atomic E-state index is 6.50. The van der Waals surface area contributed by atoms with E-state index in [4.69, 9.17) is 4.74 Å². The van der Waals surface area contributed by atoms with Crippen LogP contribution in [0.25, 0.3) is 0 Å². The summed E-state index contributed by atoms with van der Waals surface area (Å²) in [4.78, 5) is 8.52. The van der Waals surface area contributed by atoms with Crippen molar-refractivity contribution in [3.8, 4) is 5.75 Å². The third-order valence-electron chi connectivity index (χ3n) is 6.51. The number of rotatable bonds is 5. The fraction of sp³-hybridized carbons (Fsp3) is 0.400. The molecule has 0 bridgehead atoms. The van der Waals surface area contributed by atoms with Gasteiger partial charge in [0.05, 0.1) is 12.6 Å². The molecule has 0 amide bonds. The van der Waals surface area contributed by atoms with Crippen LogP contribution in [0.15, 0.2) is 66.2 Å². The second-order valence-electron chi connectivity index (χ2n) is 8.77. The van der Waals surface area contributed by atoms with Crippen LogP contribution in [-0.4, -0.2) is 33.4 Å². The molecule has 0 radical (unpaired) electrons. The summed E-state index contributed by atoms with van der Waals surface area (Å²) in [5.41, 5.74) is 3.56. The van der Waals surface area contributed by atoms with Crippen molar-refractivity contribution in [2.24, 2.45) is 4.99 Å². The van der Waals surface area contributed by atoms with Gasteiger partial charge in [-0.1, -0.05) is 42.5 Å². The molecule has 1 fully saturated rings. The molecular weight excluding hydrogens is 400 g/mol. The molecule has 1 aromatic heterocycles. The van der Waals surface area contributed by atoms with Crippen molar-refractivity contribution in [1.82, 2.24) is 25.4 Å². The summed E-state index contributed by atoms with van der Waals surface area (Å²) < 4.78 is 8.33. The Kier molecular flexibility index (Phi) is 5.79. The lowest BCUT2D eigenvalue weighted by Crippen LogP contribution is -2.46. The number of hydrogen-bond donors (Lipinski definition) is 2. The Bertz CT molecular complexity index is 1070. The fourth-order valence-electron chi connectivity index (χ4n) is 4.96. The first-order valence-corrected chi connectivity index (χ1v) is 11.4. The molecule has 1 aliphatic carbocycles. The summed E-state index contributed by atoms with van der Waals surface area (Å²) in [6.07, 6.45) is 9.01. The molecule has 2 aliphatic rings. The van der Waals surface area contributed by atoms with Crippen molar-refractivity contribution in [3.05, 3.63) is 77.9 Å². The zero-order chi connectivity index (χ0) is 21.8. The maximum absolute atomic E-state index is 6.50. The number of guanidine groups is 1. The Hall–Kier alpha value is -3.35. The lowest BCUT2D eigenvalue weighted by molar-refractivity contribution is 0.0396. The average molecular weight is 431 g/mol. The normalized spacial score (nSPS) is 19.4. The monoisotopic (exact) mass is 430 g/mol. The Morgan fingerprint density at radius 3 is 2.81 bits per heavy atom. The molecule has 2 heterocycles. The number of fused-ring (bicyclic) bond motifs is 1. The smallest absolute Gasteiger partial charge is 0.191 e. The maximum Gasteiger partial charge on any atom is 0.191 e. The molecule has 1 atom stereocenters. The molecule has 2 N–H and O–H groups in total. The molecule has 7 nitrogen and oxygen atoms in total. The van der Waals surface area contributed by atoms with Crippen LogP contribution in [0.4, 0.5) is 0 Å². The van der Waals surface area contributed by atoms with Crippen LogP contribution in [0.1, 0.15) is 54.8 Å². The van der Waals surface area contributed by atoms with E-state index < -0.39 is 0 Å². The zero-order valence-electron chi connectivity index (χ0n) is 18.5. The number of ether oxygens (including phenoxy) is 1. The molecule has 0 saturated heterocycles. The van der Waals surface area contributed by atoms with E-state index in [0.29, 0.717) is 13.1 Å². The van der Waals surface area contributed by atoms with Gasteiger partial charge in [-0.25, -0.2) is 9.67 Å². The lowest BCUT2D eigenvalue weighted by Gasteiger charge is -2.40. The van der Waals surface area contributed by atoms with Crippen molar-refractivity contribution < 1.29 is 4.74 Å². The van der Waals surface area contributed by atoms with E-state index in [9.17, 15) is 0 Å². The first-order chi connectivity index (χ1) is 15.7. The van der Waals surface area contributed by atoms with Gasteiger partial charge < -0.3 is 15.4 Å². The highest BCUT2D eigenvalue weighted by Crippen LogP contribution is 2.46. The van der Waals surface area contributed by atoms with Crippen LogP contribution in [0.5, 0.6) is 5.75 Å². The Labute approximate surface area is 188 Å². The highest BCUT2D eigenvalue weighted by molar-refractivity contribution is 5.80. The van der Waals surface area contributed by atoms with E-state index >= 15 is 0 Å². The number of nitrogens with one attached hydrogen (secondary N) is 2. The second-order valence-corrected chi connectivity index (χ2v) is 8.77. The van der Waals surface area contributed by atoms with Gasteiger partial charge in [0.2, 0.25) is 0 Å². The predicted molar refractivity (Wildman–Crippen MR) is 125 cm³/mol. The van der Waals surface area contributed by atoms with Gasteiger partial charge in [0, 0.05) is 25.6 Å². The first-order valence-electron chi connectivity index (χ1n) is 11.4. The highest BCUT2D eigenvalue weighted by Gasteiger charge is 2.43. The number of benzene rings is 2. The van der Waals surface area contributed by atoms with E-state index in [1.54, 1.807) is 12.7 Å². The van der Waals surface area contributed by atoms with Crippen molar-refractivity contribution in [2.45, 2.75) is 56.8 Å². The molecule has 1 spiro atoms. The van der Waals surface area contributed by atoms with Gasteiger partial charge in [-0.05, 0) is 42.9 Å². The fourth-order valence-corrected chi connectivity index (χ4v) is 4.96. The molecule has 166 valence electrons. The van der Waals surface area contributed by atoms with Crippen molar-refractivity contribution >= 4 is 5.96 Å². The first kappa shape index (κ1) is 20.5. The SMILES string of the molecule is CN=C(NCc1cccc(Cn2cncn2)c1)NC1CC2(CCCC2)Oc2ccccc21. The zero-order valence-corrected chi connectivity index (χ0v) is 18.5. The molecule has 7 heteroatoms. The van der Waals surface area contributed by atoms with Crippen molar-refractivity contribution in [2.75, 3.05) is 7.05 Å². The van der Waals surface area contributed by atoms with Crippen LogP contribution in [0.2, 0.25) is 0 Å². The van der Waals surface area contributed by atoms with E-state index in [1.807, 2.05) is 11.7 Å². The Balaban J connectivity index is 1.26. The van der Waals surface area contributed by atoms with Crippen LogP contribution in [-0.2, 0) is 13.1 Å². The third-order valence-corrected chi connectivity index (χ3v) is 6.51. The second kappa shape index (κ2) is 9.02. The predicted octanol–water partition coefficient (Wildman–Crippen LogP) is 3.83. The highest BCUT2D eigenvalue weighted by atomic mass is 16.5. The molecule has 3 aromatic rings. The molecule has 32 heavy (non-hydrogen) atoms. The number of aromatic nitrogens is 3. The van der Waals surface area contributed by atoms with Crippen LogP contribution < -0.4 is 15.4 Å². The summed E-state index contributed by atoms with van der Waals surface area (Å²) in [5.74, 6) is 1.82. The Morgan fingerprint density at radius 1 is 1.16 bits per heavy atom. The van der Waals surface area contributed by atoms with Gasteiger partial charge in [0.1, 0.15) is 24.0 Å². The topological polar surface area (TPSA) is 76.4 Å². The van der Waals surface area contributed by atoms with E-state index in [1.165, 1.54) is 29.5 Å². The third kappa shape index (κ3) is 4.47. The molecule has 5 rings (SSSR count). The summed E-state index contributed by atoms with van der Waals surface area (Å²) >= 11 is 0. The summed E-state index contributed by atoms with van der Waals surface area (Å²) in [6, 6.07) is 17.1. The summed E-state index contributed by atoms with van der Waals surface area (Å²) in [7, 11) is 1.83. The molecule has 1 unspecified atom stereocenters. The van der Waals surface area contributed by atoms with Gasteiger partial charge in [0.25, 0.3) is 0 Å². The molecular formula is C25H30N6O. The van der Waals surface area contributed by atoms with Gasteiger partial charge >= 0.3 is 0 Å². The van der Waals surface area contributed by atoms with Crippen LogP contribution in [0.3, 0.4) is 0 Å². The number of nitrogens with zero attached hydrogens (tertiary/aromatic N) is 4. The largest absolute Gasteiger partial charge is 0.487 e. The van der Waals surface area contributed by atoms with E-state index in [2.05, 4.69) is 74.2 Å². The molecule has 2 aromatic carbocycles. The molecule has 1 saturated carbocycles. The van der Waals surface area contributed by atoms with Crippen molar-refractivity contribution in [3.63, 3.8) is 0 Å². The van der Waals surface area contributed by atoms with Crippen molar-refractivity contribution in [1.29, 1.82) is 0 Å². The average Bonchev–Trinajstić information content (AvgIpc) is 3.49. The standard InChI is InChI=1S/C25H30N6O/c1-26-24(28-15-19-7-6-8-20(13-19)16-31-18-27-17-29-31)30-22-14-25(11-4-5-12-25)32-23-10-3-2-9-21(22)23/h2-3,6-10,13,17-18,22H,4-5,11-12,14-16H2,1H3,(H2,26,28,30). The minimum atomic E-state index is -0.0411. The lowest BCUT2D eigenvalue weighted by atomic mass is 9.86. The van der Waals surface area contributed by atoms with E-state index in [-0.39, 0.29) is 11.6 Å². The minimum Gasteiger partial charge on any atom is -0.487 e. The van der Waals surface area contributed by atoms with Gasteiger partial charge in [-0.3, -0.25) is 4.99 Å². The van der Waals surface area contributed by atoms with Crippen LogP contribution in [0, 0.1) is 0 Å². The minimum absolute atomic E-state index is 0.0411. The quantitative estimate of drug-likeness (QED) is 0.475. The summed E-state index contributed by atoms with van der Waals surface area (Å²) in [5, 5.41) is 11.4. The number of hydrogen-bond acceptors (Lipinski definition) is 4. The van der Waals surface area contributed by atoms with Gasteiger partial charge in [-0.15, -0.1) is 0 Å². The van der Waals surface area contributed by atoms with E-state index in [0.717, 1.165) is 31.0 Å². The van der Waals surface area contributed by atoms with Gasteiger partial charge in [0.15, 0.2) is 5.96 Å². The molecule has 1 aliphatic heterocycles.